The van der Waals surface area contributed by atoms with Gasteiger partial charge in [0.25, 0.3) is 11.5 Å². The van der Waals surface area contributed by atoms with E-state index in [1.54, 1.807) is 0 Å². The van der Waals surface area contributed by atoms with Crippen LogP contribution in [0.15, 0.2) is 53.3 Å². The highest BCUT2D eigenvalue weighted by atomic mass is 19.1. The smallest absolute Gasteiger partial charge is 0.305 e. The lowest BCUT2D eigenvalue weighted by Crippen LogP contribution is -2.30. The van der Waals surface area contributed by atoms with Gasteiger partial charge < -0.3 is 10.4 Å². The molecule has 7 nitrogen and oxygen atoms in total. The molecule has 0 aliphatic heterocycles. The van der Waals surface area contributed by atoms with Crippen molar-refractivity contribution in [1.82, 2.24) is 15.1 Å². The predicted molar refractivity (Wildman–Crippen MR) is 95.2 cm³/mol. The second-order valence-corrected chi connectivity index (χ2v) is 6.12. The summed E-state index contributed by atoms with van der Waals surface area (Å²) >= 11 is 0. The molecule has 1 amide bonds. The molecule has 0 spiro atoms. The Hall–Kier alpha value is -3.82. The number of nitrogens with zero attached hydrogens (tertiary/aromatic N) is 1. The molecular weight excluding hydrogens is 391 g/mol. The van der Waals surface area contributed by atoms with Crippen molar-refractivity contribution in [2.24, 2.45) is 0 Å². The predicted octanol–water partition coefficient (Wildman–Crippen LogP) is 2.53. The van der Waals surface area contributed by atoms with Gasteiger partial charge in [0.1, 0.15) is 23.0 Å². The van der Waals surface area contributed by atoms with Crippen LogP contribution in [-0.4, -0.2) is 26.8 Å². The van der Waals surface area contributed by atoms with E-state index in [0.717, 1.165) is 30.3 Å². The number of aliphatic carboxylic acids is 1. The van der Waals surface area contributed by atoms with Crippen LogP contribution in [0.4, 0.5) is 13.2 Å². The quantitative estimate of drug-likeness (QED) is 0.586. The first kappa shape index (κ1) is 19.9. The summed E-state index contributed by atoms with van der Waals surface area (Å²) < 4.78 is 41.1. The minimum Gasteiger partial charge on any atom is -0.481 e. The molecule has 0 fully saturated rings. The molecule has 0 aliphatic carbocycles. The lowest BCUT2D eigenvalue weighted by atomic mass is 10.0. The summed E-state index contributed by atoms with van der Waals surface area (Å²) in [6.45, 7) is 0. The molecule has 29 heavy (non-hydrogen) atoms. The zero-order valence-electron chi connectivity index (χ0n) is 14.7. The van der Waals surface area contributed by atoms with Crippen LogP contribution >= 0.6 is 0 Å². The zero-order valence-corrected chi connectivity index (χ0v) is 14.7. The highest BCUT2D eigenvalue weighted by Gasteiger charge is 2.21. The fourth-order valence-corrected chi connectivity index (χ4v) is 2.74. The van der Waals surface area contributed by atoms with Crippen molar-refractivity contribution in [2.45, 2.75) is 12.5 Å². The number of carbonyl (C=O) groups excluding carboxylic acids is 1. The topological polar surface area (TPSA) is 104 Å². The third-order valence-electron chi connectivity index (χ3n) is 4.05. The number of halogens is 3. The molecule has 3 aromatic rings. The second-order valence-electron chi connectivity index (χ2n) is 6.12. The van der Waals surface area contributed by atoms with Crippen LogP contribution in [0.1, 0.15) is 28.5 Å². The van der Waals surface area contributed by atoms with Gasteiger partial charge in [0.05, 0.1) is 12.5 Å². The van der Waals surface area contributed by atoms with E-state index in [-0.39, 0.29) is 16.9 Å². The maximum Gasteiger partial charge on any atom is 0.305 e. The number of hydrogen-bond acceptors (Lipinski definition) is 3. The van der Waals surface area contributed by atoms with Gasteiger partial charge >= 0.3 is 5.97 Å². The summed E-state index contributed by atoms with van der Waals surface area (Å²) in [6, 6.07) is 7.39. The minimum atomic E-state index is -1.24. The standard InChI is InChI=1S/C19H14F3N3O4/c20-11-3-1-2-10(6-11)14(9-18(27)28)23-19(29)15-8-17(26)25(24-15)16-5-4-12(21)7-13(16)22/h1-8,14,24H,9H2,(H,23,29)(H,27,28)/t14-/m0/s1. The van der Waals surface area contributed by atoms with Gasteiger partial charge in [0.2, 0.25) is 0 Å². The summed E-state index contributed by atoms with van der Waals surface area (Å²) in [7, 11) is 0. The zero-order chi connectivity index (χ0) is 21.1. The molecule has 0 aliphatic rings. The van der Waals surface area contributed by atoms with E-state index in [1.807, 2.05) is 0 Å². The number of hydrogen-bond donors (Lipinski definition) is 3. The van der Waals surface area contributed by atoms with Crippen LogP contribution < -0.4 is 10.9 Å². The molecule has 0 saturated carbocycles. The number of aromatic amines is 1. The average Bonchev–Trinajstić information content (AvgIpc) is 3.02. The van der Waals surface area contributed by atoms with Gasteiger partial charge in [-0.3, -0.25) is 19.5 Å². The Morgan fingerprint density at radius 2 is 1.79 bits per heavy atom. The van der Waals surface area contributed by atoms with Crippen molar-refractivity contribution in [3.05, 3.63) is 87.6 Å². The molecule has 3 N–H and O–H groups in total. The monoisotopic (exact) mass is 405 g/mol. The van der Waals surface area contributed by atoms with E-state index in [1.165, 1.54) is 12.1 Å². The normalized spacial score (nSPS) is 11.8. The van der Waals surface area contributed by atoms with Crippen LogP contribution in [0.3, 0.4) is 0 Å². The first-order valence-electron chi connectivity index (χ1n) is 8.30. The lowest BCUT2D eigenvalue weighted by molar-refractivity contribution is -0.137. The summed E-state index contributed by atoms with van der Waals surface area (Å²) in [5, 5.41) is 13.9. The van der Waals surface area contributed by atoms with Gasteiger partial charge in [-0.15, -0.1) is 0 Å². The number of carboxylic acid groups (broad SMARTS) is 1. The van der Waals surface area contributed by atoms with Crippen LogP contribution in [0, 0.1) is 17.5 Å². The molecule has 1 aromatic heterocycles. The molecule has 2 aromatic carbocycles. The Balaban J connectivity index is 1.89. The fourth-order valence-electron chi connectivity index (χ4n) is 2.74. The number of carbonyl (C=O) groups is 2. The Labute approximate surface area is 161 Å². The molecule has 10 heteroatoms. The number of nitrogens with one attached hydrogen (secondary N) is 2. The van der Waals surface area contributed by atoms with Gasteiger partial charge in [0.15, 0.2) is 5.82 Å². The first-order valence-corrected chi connectivity index (χ1v) is 8.30. The lowest BCUT2D eigenvalue weighted by Gasteiger charge is -2.17. The minimum absolute atomic E-state index is 0.215. The third kappa shape index (κ3) is 4.54. The summed E-state index contributed by atoms with van der Waals surface area (Å²) in [6.07, 6.45) is -0.535. The highest BCUT2D eigenvalue weighted by molar-refractivity contribution is 5.92. The average molecular weight is 405 g/mol. The molecule has 0 unspecified atom stereocenters. The third-order valence-corrected chi connectivity index (χ3v) is 4.05. The molecule has 1 heterocycles. The van der Waals surface area contributed by atoms with Gasteiger partial charge in [-0.1, -0.05) is 12.1 Å². The molecule has 1 atom stereocenters. The fraction of sp³-hybridized carbons (Fsp3) is 0.105. The first-order chi connectivity index (χ1) is 13.7. The molecule has 3 rings (SSSR count). The van der Waals surface area contributed by atoms with Crippen molar-refractivity contribution in [3.8, 4) is 5.69 Å². The Morgan fingerprint density at radius 3 is 2.45 bits per heavy atom. The van der Waals surface area contributed by atoms with E-state index in [9.17, 15) is 27.6 Å². The van der Waals surface area contributed by atoms with Gasteiger partial charge in [-0.25, -0.2) is 17.9 Å². The maximum absolute atomic E-state index is 13.9. The Kier molecular flexibility index (Phi) is 5.53. The summed E-state index contributed by atoms with van der Waals surface area (Å²) in [4.78, 5) is 35.7. The van der Waals surface area contributed by atoms with Crippen molar-refractivity contribution < 1.29 is 27.9 Å². The summed E-state index contributed by atoms with van der Waals surface area (Å²) in [5.74, 6) is -4.57. The molecule has 0 bridgehead atoms. The van der Waals surface area contributed by atoms with Crippen molar-refractivity contribution in [3.63, 3.8) is 0 Å². The van der Waals surface area contributed by atoms with E-state index >= 15 is 0 Å². The largest absolute Gasteiger partial charge is 0.481 e. The van der Waals surface area contributed by atoms with E-state index < -0.39 is 47.4 Å². The Bertz CT molecular complexity index is 1140. The van der Waals surface area contributed by atoms with Gasteiger partial charge in [-0.2, -0.15) is 0 Å². The Morgan fingerprint density at radius 1 is 1.07 bits per heavy atom. The highest BCUT2D eigenvalue weighted by Crippen LogP contribution is 2.19. The van der Waals surface area contributed by atoms with Crippen LogP contribution in [-0.2, 0) is 4.79 Å². The van der Waals surface area contributed by atoms with E-state index in [0.29, 0.717) is 10.7 Å². The van der Waals surface area contributed by atoms with Crippen LogP contribution in [0.5, 0.6) is 0 Å². The summed E-state index contributed by atoms with van der Waals surface area (Å²) in [5.41, 5.74) is -1.17. The number of carboxylic acids is 1. The number of benzene rings is 2. The van der Waals surface area contributed by atoms with Crippen molar-refractivity contribution in [2.75, 3.05) is 0 Å². The van der Waals surface area contributed by atoms with E-state index in [4.69, 9.17) is 5.11 Å². The van der Waals surface area contributed by atoms with E-state index in [2.05, 4.69) is 10.4 Å². The number of rotatable bonds is 6. The van der Waals surface area contributed by atoms with Gasteiger partial charge in [0, 0.05) is 12.1 Å². The van der Waals surface area contributed by atoms with Crippen molar-refractivity contribution in [1.29, 1.82) is 0 Å². The van der Waals surface area contributed by atoms with Crippen LogP contribution in [0.2, 0.25) is 0 Å². The van der Waals surface area contributed by atoms with Crippen LogP contribution in [0.25, 0.3) is 5.69 Å². The molecule has 0 saturated heterocycles. The SMILES string of the molecule is O=C(O)C[C@H](NC(=O)c1cc(=O)n(-c2ccc(F)cc2F)[nH]1)c1cccc(F)c1. The number of aromatic nitrogens is 2. The molecular formula is C19H14F3N3O4. The number of amides is 1. The van der Waals surface area contributed by atoms with Crippen molar-refractivity contribution >= 4 is 11.9 Å². The van der Waals surface area contributed by atoms with Gasteiger partial charge in [-0.05, 0) is 29.8 Å². The second kappa shape index (κ2) is 8.05. The molecule has 150 valence electrons. The molecule has 0 radical (unpaired) electrons. The maximum atomic E-state index is 13.9. The number of H-pyrrole nitrogens is 1.